The Morgan fingerprint density at radius 1 is 1.26 bits per heavy atom. The van der Waals surface area contributed by atoms with Gasteiger partial charge in [-0.2, -0.15) is 5.10 Å². The summed E-state index contributed by atoms with van der Waals surface area (Å²) in [7, 11) is 0. The molecule has 0 unspecified atom stereocenters. The van der Waals surface area contributed by atoms with E-state index in [2.05, 4.69) is 35.6 Å². The first kappa shape index (κ1) is 24.0. The Hall–Kier alpha value is -1.72. The molecule has 0 amide bonds. The van der Waals surface area contributed by atoms with Crippen molar-refractivity contribution in [3.05, 3.63) is 51.6 Å². The number of hydrogen-bond acceptors (Lipinski definition) is 7. The zero-order valence-electron chi connectivity index (χ0n) is 20.0. The summed E-state index contributed by atoms with van der Waals surface area (Å²) >= 11 is 2.39. The molecule has 4 heterocycles. The molecular formula is C24H31BrN6O2S. The fourth-order valence-corrected chi connectivity index (χ4v) is 6.64. The summed E-state index contributed by atoms with van der Waals surface area (Å²) < 4.78 is 19.1. The largest absolute Gasteiger partial charge is 0.598 e. The number of rotatable bonds is 4. The van der Waals surface area contributed by atoms with Crippen molar-refractivity contribution in [1.82, 2.24) is 24.3 Å². The van der Waals surface area contributed by atoms with E-state index in [4.69, 9.17) is 4.98 Å². The van der Waals surface area contributed by atoms with E-state index in [1.807, 2.05) is 44.3 Å². The topological polar surface area (TPSA) is 102 Å². The fraction of sp³-hybridized carbons (Fsp3) is 0.542. The number of halogens is 1. The first-order chi connectivity index (χ1) is 16.1. The zero-order valence-corrected chi connectivity index (χ0v) is 22.4. The van der Waals surface area contributed by atoms with Crippen LogP contribution in [0.25, 0.3) is 5.52 Å². The van der Waals surface area contributed by atoms with Crippen molar-refractivity contribution in [3.8, 4) is 0 Å². The lowest BCUT2D eigenvalue weighted by molar-refractivity contribution is 0.175. The van der Waals surface area contributed by atoms with E-state index in [9.17, 15) is 9.66 Å². The summed E-state index contributed by atoms with van der Waals surface area (Å²) in [5.74, 6) is 0.948. The van der Waals surface area contributed by atoms with Gasteiger partial charge in [-0.15, -0.1) is 4.72 Å². The van der Waals surface area contributed by atoms with Crippen molar-refractivity contribution in [2.75, 3.05) is 18.0 Å². The number of aliphatic hydroxyl groups excluding tert-OH is 1. The molecule has 182 valence electrons. The van der Waals surface area contributed by atoms with Gasteiger partial charge in [0.05, 0.1) is 30.2 Å². The molecule has 0 radical (unpaired) electrons. The summed E-state index contributed by atoms with van der Waals surface area (Å²) in [6.45, 7) is 9.55. The highest BCUT2D eigenvalue weighted by Gasteiger charge is 2.51. The molecule has 0 aromatic carbocycles. The van der Waals surface area contributed by atoms with Crippen molar-refractivity contribution >= 4 is 38.6 Å². The Morgan fingerprint density at radius 3 is 2.68 bits per heavy atom. The van der Waals surface area contributed by atoms with Gasteiger partial charge >= 0.3 is 0 Å². The number of anilines is 1. The molecule has 3 aromatic rings. The summed E-state index contributed by atoms with van der Waals surface area (Å²) in [4.78, 5) is 11.7. The van der Waals surface area contributed by atoms with E-state index in [1.165, 1.54) is 0 Å². The molecule has 1 saturated heterocycles. The van der Waals surface area contributed by atoms with E-state index in [-0.39, 0.29) is 22.8 Å². The molecule has 0 saturated carbocycles. The minimum absolute atomic E-state index is 0.0485. The van der Waals surface area contributed by atoms with Gasteiger partial charge in [-0.3, -0.25) is 4.98 Å². The van der Waals surface area contributed by atoms with Crippen LogP contribution in [0.15, 0.2) is 29.1 Å². The molecule has 10 heteroatoms. The molecule has 1 aliphatic carbocycles. The van der Waals surface area contributed by atoms with E-state index in [0.29, 0.717) is 0 Å². The molecule has 1 spiro atoms. The average Bonchev–Trinajstić information content (AvgIpc) is 3.40. The minimum atomic E-state index is -1.21. The minimum Gasteiger partial charge on any atom is -0.598 e. The Morgan fingerprint density at radius 2 is 2.00 bits per heavy atom. The van der Waals surface area contributed by atoms with Crippen LogP contribution in [0, 0.1) is 12.3 Å². The normalized spacial score (nSPS) is 20.8. The third-order valence-corrected chi connectivity index (χ3v) is 9.72. The number of nitrogens with zero attached hydrogens (tertiary/aromatic N) is 5. The van der Waals surface area contributed by atoms with Crippen LogP contribution in [-0.4, -0.2) is 47.1 Å². The monoisotopic (exact) mass is 546 g/mol. The zero-order chi connectivity index (χ0) is 24.3. The molecule has 3 aromatic heterocycles. The van der Waals surface area contributed by atoms with Crippen molar-refractivity contribution in [1.29, 1.82) is 0 Å². The molecule has 2 atom stereocenters. The molecule has 34 heavy (non-hydrogen) atoms. The summed E-state index contributed by atoms with van der Waals surface area (Å²) in [6.07, 6.45) is 6.23. The highest BCUT2D eigenvalue weighted by Crippen LogP contribution is 2.53. The van der Waals surface area contributed by atoms with Gasteiger partial charge in [0.25, 0.3) is 0 Å². The molecule has 5 rings (SSSR count). The van der Waals surface area contributed by atoms with Gasteiger partial charge in [0.1, 0.15) is 14.9 Å². The maximum absolute atomic E-state index is 13.2. The third kappa shape index (κ3) is 3.93. The maximum Gasteiger partial charge on any atom is 0.155 e. The van der Waals surface area contributed by atoms with Gasteiger partial charge in [-0.1, -0.05) is 0 Å². The lowest BCUT2D eigenvalue weighted by atomic mass is 9.73. The van der Waals surface area contributed by atoms with Gasteiger partial charge in [-0.25, -0.2) is 9.50 Å². The summed E-state index contributed by atoms with van der Waals surface area (Å²) in [5, 5.41) is 14.4. The van der Waals surface area contributed by atoms with Crippen LogP contribution >= 0.6 is 15.9 Å². The van der Waals surface area contributed by atoms with Gasteiger partial charge < -0.3 is 14.6 Å². The van der Waals surface area contributed by atoms with Gasteiger partial charge in [0, 0.05) is 36.1 Å². The highest BCUT2D eigenvalue weighted by atomic mass is 79.9. The molecule has 1 aliphatic heterocycles. The first-order valence-electron chi connectivity index (χ1n) is 11.6. The Balaban J connectivity index is 1.47. The standard InChI is InChI=1S/C24H31BrN6O2S/c1-15-21(25)31-19(6-10-27-31)22(28-15)30-11-7-24(8-12-30)13-17-16(5-9-26-18(17)14-32)20(24)29-34(33)23(2,3)4/h5-6,9-10,20,29,32H,7-8,11-14H2,1-4H3/t20-,34-/m1/s1. The molecule has 2 N–H and O–H groups in total. The number of fused-ring (bicyclic) bond motifs is 2. The number of hydrogen-bond donors (Lipinski definition) is 2. The van der Waals surface area contributed by atoms with Crippen LogP contribution in [0.1, 0.15) is 62.2 Å². The van der Waals surface area contributed by atoms with Crippen molar-refractivity contribution in [3.63, 3.8) is 0 Å². The predicted octanol–water partition coefficient (Wildman–Crippen LogP) is 3.62. The molecular weight excluding hydrogens is 516 g/mol. The third-order valence-electron chi connectivity index (χ3n) is 7.25. The number of aromatic nitrogens is 4. The number of piperidine rings is 1. The van der Waals surface area contributed by atoms with Crippen LogP contribution in [0.5, 0.6) is 0 Å². The second-order valence-electron chi connectivity index (χ2n) is 10.4. The van der Waals surface area contributed by atoms with Crippen molar-refractivity contribution < 1.29 is 9.66 Å². The van der Waals surface area contributed by atoms with E-state index >= 15 is 0 Å². The van der Waals surface area contributed by atoms with E-state index in [1.54, 1.807) is 12.4 Å². The Labute approximate surface area is 211 Å². The van der Waals surface area contributed by atoms with Crippen molar-refractivity contribution in [2.24, 2.45) is 5.41 Å². The average molecular weight is 548 g/mol. The lowest BCUT2D eigenvalue weighted by Crippen LogP contribution is -2.50. The second-order valence-corrected chi connectivity index (χ2v) is 13.1. The molecule has 2 aliphatic rings. The molecule has 8 nitrogen and oxygen atoms in total. The van der Waals surface area contributed by atoms with E-state index in [0.717, 1.165) is 70.8 Å². The van der Waals surface area contributed by atoms with Crippen LogP contribution in [0.2, 0.25) is 0 Å². The first-order valence-corrected chi connectivity index (χ1v) is 13.6. The van der Waals surface area contributed by atoms with Gasteiger partial charge in [0.15, 0.2) is 5.82 Å². The maximum atomic E-state index is 13.2. The van der Waals surface area contributed by atoms with Crippen molar-refractivity contribution in [2.45, 2.75) is 64.4 Å². The summed E-state index contributed by atoms with van der Waals surface area (Å²) in [6, 6.07) is 3.98. The smallest absolute Gasteiger partial charge is 0.155 e. The van der Waals surface area contributed by atoms with Crippen LogP contribution in [-0.2, 0) is 24.4 Å². The summed E-state index contributed by atoms with van der Waals surface area (Å²) in [5.41, 5.74) is 4.76. The highest BCUT2D eigenvalue weighted by molar-refractivity contribution is 9.10. The second kappa shape index (κ2) is 8.74. The van der Waals surface area contributed by atoms with Gasteiger partial charge in [-0.05, 0) is 86.1 Å². The number of aliphatic hydroxyl groups is 1. The molecule has 0 bridgehead atoms. The Bertz CT molecular complexity index is 1220. The number of nitrogens with one attached hydrogen (secondary N) is 1. The van der Waals surface area contributed by atoms with Crippen LogP contribution < -0.4 is 9.62 Å². The number of pyridine rings is 1. The van der Waals surface area contributed by atoms with Crippen LogP contribution in [0.4, 0.5) is 5.82 Å². The predicted molar refractivity (Wildman–Crippen MR) is 137 cm³/mol. The van der Waals surface area contributed by atoms with E-state index < -0.39 is 11.4 Å². The number of aryl methyl sites for hydroxylation is 1. The quantitative estimate of drug-likeness (QED) is 0.481. The van der Waals surface area contributed by atoms with Gasteiger partial charge in [0.2, 0.25) is 0 Å². The fourth-order valence-electron chi connectivity index (χ4n) is 5.33. The molecule has 1 fully saturated rings. The van der Waals surface area contributed by atoms with Crippen LogP contribution in [0.3, 0.4) is 0 Å². The Kier molecular flexibility index (Phi) is 6.17. The lowest BCUT2D eigenvalue weighted by Gasteiger charge is -2.44. The SMILES string of the molecule is Cc1nc(N2CCC3(CC2)Cc2c(ccnc2CO)[C@H]3N[S@+]([O-])C(C)(C)C)c2ccnn2c1Br.